The van der Waals surface area contributed by atoms with E-state index in [1.54, 1.807) is 24.3 Å². The van der Waals surface area contributed by atoms with Gasteiger partial charge in [0.05, 0.1) is 6.04 Å². The van der Waals surface area contributed by atoms with Crippen LogP contribution in [0.25, 0.3) is 0 Å². The van der Waals surface area contributed by atoms with E-state index >= 15 is 0 Å². The maximum absolute atomic E-state index is 9.27. The lowest BCUT2D eigenvalue weighted by Crippen LogP contribution is -2.18. The van der Waals surface area contributed by atoms with Gasteiger partial charge in [-0.2, -0.15) is 0 Å². The topological polar surface area (TPSA) is 68.6 Å². The van der Waals surface area contributed by atoms with Crippen LogP contribution in [0.15, 0.2) is 40.8 Å². The third kappa shape index (κ3) is 3.01. The third-order valence-electron chi connectivity index (χ3n) is 2.37. The molecule has 0 spiro atoms. The number of phenols is 1. The van der Waals surface area contributed by atoms with E-state index in [4.69, 9.17) is 14.9 Å². The summed E-state index contributed by atoms with van der Waals surface area (Å²) < 4.78 is 10.9. The number of aromatic hydroxyl groups is 1. The van der Waals surface area contributed by atoms with E-state index in [1.807, 2.05) is 19.1 Å². The second kappa shape index (κ2) is 4.93. The van der Waals surface area contributed by atoms with Crippen LogP contribution < -0.4 is 10.5 Å². The van der Waals surface area contributed by atoms with Crippen molar-refractivity contribution in [1.82, 2.24) is 0 Å². The highest BCUT2D eigenvalue weighted by atomic mass is 16.5. The molecule has 2 rings (SSSR count). The van der Waals surface area contributed by atoms with E-state index in [2.05, 4.69) is 0 Å². The summed E-state index contributed by atoms with van der Waals surface area (Å²) in [5, 5.41) is 9.27. The van der Waals surface area contributed by atoms with Crippen LogP contribution in [0.4, 0.5) is 0 Å². The smallest absolute Gasteiger partial charge is 0.124 e. The third-order valence-corrected chi connectivity index (χ3v) is 2.37. The van der Waals surface area contributed by atoms with E-state index in [9.17, 15) is 5.11 Å². The number of phenolic OH excluding ortho intramolecular Hbond substituents is 1. The van der Waals surface area contributed by atoms with Crippen molar-refractivity contribution in [2.24, 2.45) is 5.73 Å². The predicted octanol–water partition coefficient (Wildman–Crippen LogP) is 2.37. The van der Waals surface area contributed by atoms with Crippen LogP contribution >= 0.6 is 0 Å². The Hall–Kier alpha value is -1.94. The van der Waals surface area contributed by atoms with Crippen LogP contribution in [0.1, 0.15) is 17.6 Å². The predicted molar refractivity (Wildman–Crippen MR) is 64.0 cm³/mol. The first-order chi connectivity index (χ1) is 8.15. The largest absolute Gasteiger partial charge is 0.508 e. The summed E-state index contributed by atoms with van der Waals surface area (Å²) in [6.07, 6.45) is 0. The fourth-order valence-electron chi connectivity index (χ4n) is 1.49. The summed E-state index contributed by atoms with van der Waals surface area (Å²) in [5.41, 5.74) is 5.91. The molecule has 4 heteroatoms. The molecule has 17 heavy (non-hydrogen) atoms. The Morgan fingerprint density at radius 2 is 2.18 bits per heavy atom. The van der Waals surface area contributed by atoms with Gasteiger partial charge in [0.1, 0.15) is 29.6 Å². The zero-order valence-electron chi connectivity index (χ0n) is 9.59. The van der Waals surface area contributed by atoms with Gasteiger partial charge in [0.15, 0.2) is 0 Å². The quantitative estimate of drug-likeness (QED) is 0.850. The first-order valence-electron chi connectivity index (χ1n) is 5.39. The highest BCUT2D eigenvalue weighted by molar-refractivity contribution is 5.31. The van der Waals surface area contributed by atoms with Crippen molar-refractivity contribution < 1.29 is 14.3 Å². The van der Waals surface area contributed by atoms with Crippen molar-refractivity contribution >= 4 is 0 Å². The average molecular weight is 233 g/mol. The lowest BCUT2D eigenvalue weighted by molar-refractivity contribution is 0.270. The molecule has 0 saturated carbocycles. The molecule has 2 aromatic rings. The number of hydrogen-bond acceptors (Lipinski definition) is 4. The Balaban J connectivity index is 1.94. The SMILES string of the molecule is Cc1ccc(C(N)COc2cccc(O)c2)o1. The van der Waals surface area contributed by atoms with Gasteiger partial charge in [0, 0.05) is 6.07 Å². The van der Waals surface area contributed by atoms with Gasteiger partial charge >= 0.3 is 0 Å². The van der Waals surface area contributed by atoms with Crippen molar-refractivity contribution in [1.29, 1.82) is 0 Å². The lowest BCUT2D eigenvalue weighted by atomic mass is 10.2. The fourth-order valence-corrected chi connectivity index (χ4v) is 1.49. The summed E-state index contributed by atoms with van der Waals surface area (Å²) in [6, 6.07) is 10.00. The van der Waals surface area contributed by atoms with Crippen LogP contribution in [0.3, 0.4) is 0 Å². The molecule has 1 atom stereocenters. The van der Waals surface area contributed by atoms with E-state index in [1.165, 1.54) is 0 Å². The molecule has 4 nitrogen and oxygen atoms in total. The zero-order chi connectivity index (χ0) is 12.3. The number of ether oxygens (including phenoxy) is 1. The summed E-state index contributed by atoms with van der Waals surface area (Å²) >= 11 is 0. The van der Waals surface area contributed by atoms with Crippen LogP contribution in [0.5, 0.6) is 11.5 Å². The van der Waals surface area contributed by atoms with Crippen LogP contribution in [-0.2, 0) is 0 Å². The van der Waals surface area contributed by atoms with Crippen molar-refractivity contribution in [2.75, 3.05) is 6.61 Å². The standard InChI is InChI=1S/C13H15NO3/c1-9-5-6-13(17-9)12(14)8-16-11-4-2-3-10(15)7-11/h2-7,12,15H,8,14H2,1H3. The Morgan fingerprint density at radius 3 is 2.82 bits per heavy atom. The Kier molecular flexibility index (Phi) is 3.35. The number of nitrogens with two attached hydrogens (primary N) is 1. The second-order valence-corrected chi connectivity index (χ2v) is 3.86. The zero-order valence-corrected chi connectivity index (χ0v) is 9.59. The normalized spacial score (nSPS) is 12.4. The van der Waals surface area contributed by atoms with Crippen molar-refractivity contribution in [3.63, 3.8) is 0 Å². The van der Waals surface area contributed by atoms with Gasteiger partial charge in [-0.3, -0.25) is 0 Å². The van der Waals surface area contributed by atoms with Gasteiger partial charge in [-0.05, 0) is 31.2 Å². The Bertz CT molecular complexity index is 493. The monoisotopic (exact) mass is 233 g/mol. The molecule has 1 aromatic heterocycles. The van der Waals surface area contributed by atoms with E-state index in [0.29, 0.717) is 18.1 Å². The molecule has 90 valence electrons. The Morgan fingerprint density at radius 1 is 1.35 bits per heavy atom. The van der Waals surface area contributed by atoms with E-state index in [0.717, 1.165) is 5.76 Å². The van der Waals surface area contributed by atoms with Gasteiger partial charge in [-0.1, -0.05) is 6.07 Å². The Labute approximate surface area is 99.6 Å². The summed E-state index contributed by atoms with van der Waals surface area (Å²) in [7, 11) is 0. The maximum atomic E-state index is 9.27. The first kappa shape index (κ1) is 11.5. The van der Waals surface area contributed by atoms with Gasteiger partial charge in [0.25, 0.3) is 0 Å². The van der Waals surface area contributed by atoms with Gasteiger partial charge in [-0.15, -0.1) is 0 Å². The van der Waals surface area contributed by atoms with Crippen LogP contribution in [0.2, 0.25) is 0 Å². The van der Waals surface area contributed by atoms with Crippen molar-refractivity contribution in [2.45, 2.75) is 13.0 Å². The molecule has 0 radical (unpaired) electrons. The molecular formula is C13H15NO3. The lowest BCUT2D eigenvalue weighted by Gasteiger charge is -2.11. The molecule has 1 unspecified atom stereocenters. The molecule has 0 aliphatic rings. The maximum Gasteiger partial charge on any atom is 0.124 e. The van der Waals surface area contributed by atoms with Gasteiger partial charge in [0.2, 0.25) is 0 Å². The molecule has 0 aliphatic heterocycles. The van der Waals surface area contributed by atoms with E-state index < -0.39 is 0 Å². The molecular weight excluding hydrogens is 218 g/mol. The number of rotatable bonds is 4. The number of benzene rings is 1. The molecule has 0 fully saturated rings. The van der Waals surface area contributed by atoms with Crippen LogP contribution in [-0.4, -0.2) is 11.7 Å². The van der Waals surface area contributed by atoms with Gasteiger partial charge in [-0.25, -0.2) is 0 Å². The fraction of sp³-hybridized carbons (Fsp3) is 0.231. The molecule has 0 aliphatic carbocycles. The van der Waals surface area contributed by atoms with Crippen molar-refractivity contribution in [3.8, 4) is 11.5 Å². The molecule has 3 N–H and O–H groups in total. The van der Waals surface area contributed by atoms with Crippen LogP contribution in [0, 0.1) is 6.92 Å². The molecule has 1 aromatic carbocycles. The van der Waals surface area contributed by atoms with Crippen molar-refractivity contribution in [3.05, 3.63) is 47.9 Å². The average Bonchev–Trinajstić information content (AvgIpc) is 2.73. The molecule has 0 saturated heterocycles. The molecule has 0 amide bonds. The highest BCUT2D eigenvalue weighted by Crippen LogP contribution is 2.20. The second-order valence-electron chi connectivity index (χ2n) is 3.86. The number of furan rings is 1. The van der Waals surface area contributed by atoms with Gasteiger partial charge < -0.3 is 20.0 Å². The highest BCUT2D eigenvalue weighted by Gasteiger charge is 2.10. The molecule has 0 bridgehead atoms. The summed E-state index contributed by atoms with van der Waals surface area (Å²) in [5.74, 6) is 2.28. The first-order valence-corrected chi connectivity index (χ1v) is 5.39. The number of aryl methyl sites for hydroxylation is 1. The summed E-state index contributed by atoms with van der Waals surface area (Å²) in [4.78, 5) is 0. The number of hydrogen-bond donors (Lipinski definition) is 2. The summed E-state index contributed by atoms with van der Waals surface area (Å²) in [6.45, 7) is 2.17. The minimum atomic E-state index is -0.314. The molecule has 1 heterocycles. The minimum absolute atomic E-state index is 0.171. The van der Waals surface area contributed by atoms with E-state index in [-0.39, 0.29) is 11.8 Å². The minimum Gasteiger partial charge on any atom is -0.508 e.